The fourth-order valence-electron chi connectivity index (χ4n) is 1.62. The van der Waals surface area contributed by atoms with Crippen molar-refractivity contribution < 1.29 is 36.3 Å². The maximum absolute atomic E-state index is 11.6. The fourth-order valence-corrected chi connectivity index (χ4v) is 2.25. The predicted octanol–water partition coefficient (Wildman–Crippen LogP) is -0.685. The SMILES string of the molecule is CC(=O)[C@@](CC(=O)O)(C[N+](C)(C)C)OS(=O)(=O)O. The summed E-state index contributed by atoms with van der Waals surface area (Å²) in [5.74, 6) is -2.18. The molecule has 0 heterocycles. The van der Waals surface area contributed by atoms with Gasteiger partial charge in [0.2, 0.25) is 5.60 Å². The Morgan fingerprint density at radius 3 is 1.94 bits per heavy atom. The lowest BCUT2D eigenvalue weighted by atomic mass is 9.94. The van der Waals surface area contributed by atoms with Gasteiger partial charge in [-0.25, -0.2) is 4.18 Å². The van der Waals surface area contributed by atoms with Crippen LogP contribution in [0.5, 0.6) is 0 Å². The number of hydrogen-bond donors (Lipinski definition) is 2. The molecule has 0 aromatic rings. The van der Waals surface area contributed by atoms with E-state index in [4.69, 9.17) is 9.66 Å². The van der Waals surface area contributed by atoms with Crippen molar-refractivity contribution in [2.45, 2.75) is 18.9 Å². The second kappa shape index (κ2) is 5.31. The average Bonchev–Trinajstić information content (AvgIpc) is 1.93. The number of rotatable bonds is 7. The maximum atomic E-state index is 11.6. The third-order valence-electron chi connectivity index (χ3n) is 2.07. The van der Waals surface area contributed by atoms with Crippen LogP contribution in [0.2, 0.25) is 0 Å². The smallest absolute Gasteiger partial charge is 0.398 e. The van der Waals surface area contributed by atoms with E-state index in [1.165, 1.54) is 0 Å². The quantitative estimate of drug-likeness (QED) is 0.469. The van der Waals surface area contributed by atoms with Gasteiger partial charge in [-0.05, 0) is 6.92 Å². The van der Waals surface area contributed by atoms with E-state index < -0.39 is 34.2 Å². The van der Waals surface area contributed by atoms with Crippen LogP contribution in [-0.4, -0.2) is 67.6 Å². The third kappa shape index (κ3) is 6.05. The molecule has 18 heavy (non-hydrogen) atoms. The van der Waals surface area contributed by atoms with Gasteiger partial charge in [-0.2, -0.15) is 8.42 Å². The molecule has 0 spiro atoms. The highest BCUT2D eigenvalue weighted by Gasteiger charge is 2.47. The van der Waals surface area contributed by atoms with Gasteiger partial charge < -0.3 is 9.59 Å². The Kier molecular flexibility index (Phi) is 5.00. The van der Waals surface area contributed by atoms with Gasteiger partial charge >= 0.3 is 16.4 Å². The van der Waals surface area contributed by atoms with E-state index in [1.807, 2.05) is 0 Å². The molecule has 0 aliphatic carbocycles. The van der Waals surface area contributed by atoms with E-state index in [-0.39, 0.29) is 11.0 Å². The summed E-state index contributed by atoms with van der Waals surface area (Å²) in [6.07, 6.45) is -0.850. The van der Waals surface area contributed by atoms with Crippen molar-refractivity contribution in [1.82, 2.24) is 0 Å². The van der Waals surface area contributed by atoms with Crippen LogP contribution >= 0.6 is 0 Å². The maximum Gasteiger partial charge on any atom is 0.398 e. The van der Waals surface area contributed by atoms with Gasteiger partial charge in [0, 0.05) is 0 Å². The zero-order chi connectivity index (χ0) is 14.8. The van der Waals surface area contributed by atoms with Crippen LogP contribution < -0.4 is 0 Å². The molecule has 0 saturated heterocycles. The molecule has 0 aromatic heterocycles. The minimum absolute atomic E-state index is 0.0857. The predicted molar refractivity (Wildman–Crippen MR) is 61.2 cm³/mol. The number of likely N-dealkylation sites (N-methyl/N-ethyl adjacent to an activating group) is 1. The van der Waals surface area contributed by atoms with Gasteiger partial charge in [0.05, 0.1) is 27.6 Å². The summed E-state index contributed by atoms with van der Waals surface area (Å²) in [6.45, 7) is 0.804. The summed E-state index contributed by atoms with van der Waals surface area (Å²) in [5.41, 5.74) is -2.11. The number of hydrogen-bond acceptors (Lipinski definition) is 5. The first kappa shape index (κ1) is 17.0. The van der Waals surface area contributed by atoms with E-state index in [9.17, 15) is 18.0 Å². The van der Waals surface area contributed by atoms with Crippen molar-refractivity contribution in [2.24, 2.45) is 0 Å². The van der Waals surface area contributed by atoms with E-state index in [1.54, 1.807) is 21.1 Å². The molecule has 0 rings (SSSR count). The standard InChI is InChI=1S/C9H17NO7S/c1-7(11)9(5-8(12)13,6-10(2,3)4)17-18(14,15)16/h5-6H2,1-4H3,(H-,12,13,14,15,16)/p+1/t9-/m1/s1. The van der Waals surface area contributed by atoms with Gasteiger partial charge in [-0.3, -0.25) is 14.1 Å². The second-order valence-corrected chi connectivity index (χ2v) is 6.10. The van der Waals surface area contributed by atoms with Crippen LogP contribution in [0.15, 0.2) is 0 Å². The van der Waals surface area contributed by atoms with Gasteiger partial charge in [-0.1, -0.05) is 0 Å². The number of carboxylic acid groups (broad SMARTS) is 1. The number of Topliss-reactive ketones (excluding diaryl/α,β-unsaturated/α-hetero) is 1. The van der Waals surface area contributed by atoms with Gasteiger partial charge in [-0.15, -0.1) is 0 Å². The van der Waals surface area contributed by atoms with Gasteiger partial charge in [0.15, 0.2) is 5.78 Å². The fraction of sp³-hybridized carbons (Fsp3) is 0.778. The zero-order valence-corrected chi connectivity index (χ0v) is 11.5. The first-order valence-corrected chi connectivity index (χ1v) is 6.35. The number of aliphatic carboxylic acids is 1. The first-order valence-electron chi connectivity index (χ1n) is 4.99. The normalized spacial score (nSPS) is 16.1. The number of carbonyl (C=O) groups is 2. The summed E-state index contributed by atoms with van der Waals surface area (Å²) in [7, 11) is -0.0434. The summed E-state index contributed by atoms with van der Waals surface area (Å²) in [5, 5.41) is 8.78. The van der Waals surface area contributed by atoms with E-state index >= 15 is 0 Å². The molecule has 0 unspecified atom stereocenters. The Balaban J connectivity index is 5.57. The van der Waals surface area contributed by atoms with E-state index in [0.717, 1.165) is 6.92 Å². The Morgan fingerprint density at radius 1 is 1.28 bits per heavy atom. The molecule has 2 N–H and O–H groups in total. The lowest BCUT2D eigenvalue weighted by Gasteiger charge is -2.35. The number of quaternary nitrogens is 1. The van der Waals surface area contributed by atoms with Crippen LogP contribution in [0.3, 0.4) is 0 Å². The second-order valence-electron chi connectivity index (χ2n) is 5.08. The Hall–Kier alpha value is -1.03. The molecule has 0 bridgehead atoms. The number of carboxylic acids is 1. The largest absolute Gasteiger partial charge is 0.481 e. The van der Waals surface area contributed by atoms with E-state index in [0.29, 0.717) is 0 Å². The molecule has 0 amide bonds. The molecule has 106 valence electrons. The Labute approximate surface area is 106 Å². The van der Waals surface area contributed by atoms with Crippen LogP contribution in [0.4, 0.5) is 0 Å². The van der Waals surface area contributed by atoms with E-state index in [2.05, 4.69) is 4.18 Å². The summed E-state index contributed by atoms with van der Waals surface area (Å²) < 4.78 is 34.8. The number of nitrogens with zero attached hydrogens (tertiary/aromatic N) is 1. The van der Waals surface area contributed by atoms with Crippen LogP contribution in [0, 0.1) is 0 Å². The molecular weight excluding hydrogens is 266 g/mol. The van der Waals surface area contributed by atoms with Crippen molar-refractivity contribution in [3.8, 4) is 0 Å². The molecular formula is C9H18NO7S+. The van der Waals surface area contributed by atoms with Crippen molar-refractivity contribution in [3.63, 3.8) is 0 Å². The lowest BCUT2D eigenvalue weighted by molar-refractivity contribution is -0.875. The third-order valence-corrected chi connectivity index (χ3v) is 2.60. The minimum Gasteiger partial charge on any atom is -0.481 e. The summed E-state index contributed by atoms with van der Waals surface area (Å²) in [6, 6.07) is 0. The first-order chi connectivity index (χ1) is 7.77. The van der Waals surface area contributed by atoms with Gasteiger partial charge in [0.25, 0.3) is 0 Å². The van der Waals surface area contributed by atoms with Crippen molar-refractivity contribution in [1.29, 1.82) is 0 Å². The number of carbonyl (C=O) groups excluding carboxylic acids is 1. The lowest BCUT2D eigenvalue weighted by Crippen LogP contribution is -2.56. The Morgan fingerprint density at radius 2 is 1.72 bits per heavy atom. The van der Waals surface area contributed by atoms with Crippen LogP contribution in [-0.2, 0) is 24.2 Å². The summed E-state index contributed by atoms with van der Waals surface area (Å²) >= 11 is 0. The van der Waals surface area contributed by atoms with Crippen molar-refractivity contribution in [2.75, 3.05) is 27.7 Å². The highest BCUT2D eigenvalue weighted by Crippen LogP contribution is 2.23. The Bertz CT molecular complexity index is 436. The van der Waals surface area contributed by atoms with Crippen molar-refractivity contribution in [3.05, 3.63) is 0 Å². The molecule has 9 heteroatoms. The monoisotopic (exact) mass is 284 g/mol. The molecule has 0 aliphatic heterocycles. The number of ketones is 1. The highest BCUT2D eigenvalue weighted by atomic mass is 32.3. The molecule has 8 nitrogen and oxygen atoms in total. The molecule has 0 aliphatic rings. The zero-order valence-electron chi connectivity index (χ0n) is 10.7. The minimum atomic E-state index is -4.94. The van der Waals surface area contributed by atoms with Gasteiger partial charge in [0.1, 0.15) is 6.54 Å². The average molecular weight is 284 g/mol. The molecule has 0 radical (unpaired) electrons. The molecule has 1 atom stereocenters. The molecule has 0 saturated carbocycles. The van der Waals surface area contributed by atoms with Crippen LogP contribution in [0.1, 0.15) is 13.3 Å². The van der Waals surface area contributed by atoms with Crippen LogP contribution in [0.25, 0.3) is 0 Å². The van der Waals surface area contributed by atoms with Crippen molar-refractivity contribution >= 4 is 22.2 Å². The molecule has 0 fully saturated rings. The topological polar surface area (TPSA) is 118 Å². The summed E-state index contributed by atoms with van der Waals surface area (Å²) in [4.78, 5) is 22.4. The highest BCUT2D eigenvalue weighted by molar-refractivity contribution is 7.81. The molecule has 0 aromatic carbocycles.